The summed E-state index contributed by atoms with van der Waals surface area (Å²) in [5.74, 6) is 1.52. The molecule has 0 spiro atoms. The number of anilines is 1. The first-order chi connectivity index (χ1) is 16.8. The van der Waals surface area contributed by atoms with Gasteiger partial charge in [0.2, 0.25) is 0 Å². The van der Waals surface area contributed by atoms with Gasteiger partial charge < -0.3 is 15.6 Å². The van der Waals surface area contributed by atoms with Crippen molar-refractivity contribution in [2.24, 2.45) is 0 Å². The van der Waals surface area contributed by atoms with Crippen LogP contribution in [0, 0.1) is 0 Å². The van der Waals surface area contributed by atoms with Gasteiger partial charge in [-0.2, -0.15) is 17.0 Å². The third kappa shape index (κ3) is 5.50. The highest BCUT2D eigenvalue weighted by molar-refractivity contribution is 7.86. The summed E-state index contributed by atoms with van der Waals surface area (Å²) in [4.78, 5) is 9.44. The fourth-order valence-electron chi connectivity index (χ4n) is 4.65. The van der Waals surface area contributed by atoms with Crippen molar-refractivity contribution in [1.29, 1.82) is 0 Å². The number of unbranched alkanes of at least 4 members (excludes halogenated alkanes) is 1. The van der Waals surface area contributed by atoms with Crippen molar-refractivity contribution >= 4 is 38.0 Å². The molecule has 3 aromatic rings. The normalized spacial score (nSPS) is 16.3. The Morgan fingerprint density at radius 2 is 1.91 bits per heavy atom. The number of rotatable bonds is 10. The van der Waals surface area contributed by atoms with E-state index in [1.165, 1.54) is 4.31 Å². The van der Waals surface area contributed by atoms with Crippen LogP contribution in [0.15, 0.2) is 36.4 Å². The number of fused-ring (bicyclic) bond motifs is 3. The van der Waals surface area contributed by atoms with Gasteiger partial charge in [0.15, 0.2) is 5.82 Å². The van der Waals surface area contributed by atoms with Crippen LogP contribution < -0.4 is 11.1 Å². The number of piperidine rings is 1. The Kier molecular flexibility index (Phi) is 8.05. The van der Waals surface area contributed by atoms with Gasteiger partial charge in [-0.3, -0.25) is 0 Å². The number of allylic oxidation sites excluding steroid dienone is 1. The number of aryl methyl sites for hydroxylation is 1. The van der Waals surface area contributed by atoms with Crippen LogP contribution in [0.5, 0.6) is 0 Å². The topological polar surface area (TPSA) is 109 Å². The van der Waals surface area contributed by atoms with E-state index in [0.29, 0.717) is 31.5 Å². The van der Waals surface area contributed by atoms with E-state index in [4.69, 9.17) is 10.7 Å². The van der Waals surface area contributed by atoms with Crippen molar-refractivity contribution in [2.75, 3.05) is 39.5 Å². The number of hydrogen-bond donors (Lipinski definition) is 2. The molecular weight excluding hydrogens is 462 g/mol. The van der Waals surface area contributed by atoms with Crippen molar-refractivity contribution in [1.82, 2.24) is 28.5 Å². The average Bonchev–Trinajstić information content (AvgIpc) is 3.22. The standard InChI is InChI=1S/C25H37N7O2S/c1-4-5-12-22-29-23-24(20-10-6-7-11-21(20)28-25(23)26)32(22)16-9-8-15-27-19-13-17-31(18-14-19)35(33,34)30(2)3/h6-11,19,27H,4-5,12-18H2,1-3H3,(H2,26,28)/b9-8+. The fourth-order valence-corrected chi connectivity index (χ4v) is 5.78. The molecule has 3 heterocycles. The summed E-state index contributed by atoms with van der Waals surface area (Å²) in [6, 6.07) is 8.39. The van der Waals surface area contributed by atoms with Gasteiger partial charge in [0.25, 0.3) is 10.2 Å². The SMILES string of the molecule is CCCCc1nc2c(N)nc3ccccc3c2n1C/C=C/CNC1CCN(S(=O)(=O)N(C)C)CC1. The second-order valence-corrected chi connectivity index (χ2v) is 11.4. The van der Waals surface area contributed by atoms with Gasteiger partial charge in [-0.1, -0.05) is 43.7 Å². The van der Waals surface area contributed by atoms with Crippen molar-refractivity contribution < 1.29 is 8.42 Å². The van der Waals surface area contributed by atoms with Crippen LogP contribution in [-0.2, 0) is 23.2 Å². The van der Waals surface area contributed by atoms with E-state index in [9.17, 15) is 8.42 Å². The summed E-state index contributed by atoms with van der Waals surface area (Å²) in [5.41, 5.74) is 9.00. The van der Waals surface area contributed by atoms with Crippen molar-refractivity contribution in [2.45, 2.75) is 51.6 Å². The average molecular weight is 500 g/mol. The lowest BCUT2D eigenvalue weighted by molar-refractivity contribution is 0.281. The Morgan fingerprint density at radius 3 is 2.63 bits per heavy atom. The number of pyridine rings is 1. The van der Waals surface area contributed by atoms with Crippen LogP contribution in [0.2, 0.25) is 0 Å². The molecule has 0 unspecified atom stereocenters. The zero-order valence-electron chi connectivity index (χ0n) is 20.9. The molecule has 0 saturated carbocycles. The summed E-state index contributed by atoms with van der Waals surface area (Å²) in [5, 5.41) is 4.62. The minimum atomic E-state index is -3.32. The molecule has 10 heteroatoms. The molecule has 190 valence electrons. The minimum Gasteiger partial charge on any atom is -0.382 e. The summed E-state index contributed by atoms with van der Waals surface area (Å²) in [6.45, 7) is 4.74. The second kappa shape index (κ2) is 11.0. The molecule has 2 aromatic heterocycles. The maximum atomic E-state index is 12.3. The zero-order valence-corrected chi connectivity index (χ0v) is 21.8. The predicted molar refractivity (Wildman–Crippen MR) is 142 cm³/mol. The van der Waals surface area contributed by atoms with Crippen molar-refractivity contribution in [3.63, 3.8) is 0 Å². The molecule has 1 aliphatic rings. The molecule has 35 heavy (non-hydrogen) atoms. The molecule has 0 radical (unpaired) electrons. The molecule has 1 fully saturated rings. The number of nitrogens with zero attached hydrogens (tertiary/aromatic N) is 5. The number of imidazole rings is 1. The van der Waals surface area contributed by atoms with Crippen LogP contribution in [0.25, 0.3) is 21.9 Å². The summed E-state index contributed by atoms with van der Waals surface area (Å²) in [6.07, 6.45) is 9.01. The maximum Gasteiger partial charge on any atom is 0.281 e. The first-order valence-electron chi connectivity index (χ1n) is 12.4. The number of hydrogen-bond acceptors (Lipinski definition) is 6. The van der Waals surface area contributed by atoms with Gasteiger partial charge in [-0.05, 0) is 25.3 Å². The lowest BCUT2D eigenvalue weighted by Gasteiger charge is -2.33. The van der Waals surface area contributed by atoms with E-state index in [0.717, 1.165) is 66.4 Å². The van der Waals surface area contributed by atoms with Crippen LogP contribution in [0.4, 0.5) is 5.82 Å². The minimum absolute atomic E-state index is 0.317. The van der Waals surface area contributed by atoms with Crippen molar-refractivity contribution in [3.8, 4) is 0 Å². The highest BCUT2D eigenvalue weighted by atomic mass is 32.2. The largest absolute Gasteiger partial charge is 0.382 e. The van der Waals surface area contributed by atoms with Gasteiger partial charge >= 0.3 is 0 Å². The van der Waals surface area contributed by atoms with E-state index >= 15 is 0 Å². The molecule has 3 N–H and O–H groups in total. The molecular formula is C25H37N7O2S. The number of nitrogens with one attached hydrogen (secondary N) is 1. The highest BCUT2D eigenvalue weighted by Crippen LogP contribution is 2.29. The van der Waals surface area contributed by atoms with Gasteiger partial charge in [0.05, 0.1) is 11.0 Å². The predicted octanol–water partition coefficient (Wildman–Crippen LogP) is 2.93. The van der Waals surface area contributed by atoms with Crippen LogP contribution in [0.3, 0.4) is 0 Å². The number of para-hydroxylation sites is 1. The summed E-state index contributed by atoms with van der Waals surface area (Å²) < 4.78 is 29.7. The first-order valence-corrected chi connectivity index (χ1v) is 13.8. The lowest BCUT2D eigenvalue weighted by atomic mass is 10.1. The highest BCUT2D eigenvalue weighted by Gasteiger charge is 2.29. The third-order valence-corrected chi connectivity index (χ3v) is 8.60. The number of benzene rings is 1. The van der Waals surface area contributed by atoms with E-state index < -0.39 is 10.2 Å². The van der Waals surface area contributed by atoms with Gasteiger partial charge in [-0.25, -0.2) is 9.97 Å². The molecule has 9 nitrogen and oxygen atoms in total. The Bertz CT molecular complexity index is 1290. The molecule has 4 rings (SSSR count). The first kappa shape index (κ1) is 25.6. The summed E-state index contributed by atoms with van der Waals surface area (Å²) in [7, 11) is -0.165. The molecule has 0 atom stereocenters. The maximum absolute atomic E-state index is 12.3. The number of nitrogen functional groups attached to an aromatic ring is 1. The molecule has 1 aliphatic heterocycles. The number of aromatic nitrogens is 3. The number of nitrogens with two attached hydrogens (primary N) is 1. The van der Waals surface area contributed by atoms with Crippen LogP contribution in [0.1, 0.15) is 38.4 Å². The lowest BCUT2D eigenvalue weighted by Crippen LogP contribution is -2.48. The van der Waals surface area contributed by atoms with Crippen LogP contribution >= 0.6 is 0 Å². The molecule has 1 aromatic carbocycles. The monoisotopic (exact) mass is 499 g/mol. The Morgan fingerprint density at radius 1 is 1.17 bits per heavy atom. The van der Waals surface area contributed by atoms with Gasteiger partial charge in [-0.15, -0.1) is 0 Å². The van der Waals surface area contributed by atoms with Crippen LogP contribution in [-0.4, -0.2) is 71.3 Å². The smallest absolute Gasteiger partial charge is 0.281 e. The van der Waals surface area contributed by atoms with E-state index in [2.05, 4.69) is 40.0 Å². The molecule has 1 saturated heterocycles. The summed E-state index contributed by atoms with van der Waals surface area (Å²) >= 11 is 0. The third-order valence-electron chi connectivity index (χ3n) is 6.66. The van der Waals surface area contributed by atoms with E-state index in [1.54, 1.807) is 18.4 Å². The van der Waals surface area contributed by atoms with Gasteiger partial charge in [0, 0.05) is 58.1 Å². The van der Waals surface area contributed by atoms with E-state index in [-0.39, 0.29) is 0 Å². The molecule has 0 aliphatic carbocycles. The van der Waals surface area contributed by atoms with Crippen molar-refractivity contribution in [3.05, 3.63) is 42.2 Å². The Labute approximate surface area is 208 Å². The molecule has 0 bridgehead atoms. The molecule has 0 amide bonds. The Balaban J connectivity index is 1.43. The zero-order chi connectivity index (χ0) is 25.0. The Hall–Kier alpha value is -2.53. The second-order valence-electron chi connectivity index (χ2n) is 9.30. The fraction of sp³-hybridized carbons (Fsp3) is 0.520. The quantitative estimate of drug-likeness (QED) is 0.415. The van der Waals surface area contributed by atoms with E-state index in [1.807, 2.05) is 18.2 Å². The van der Waals surface area contributed by atoms with Gasteiger partial charge in [0.1, 0.15) is 11.3 Å².